The number of ether oxygens (including phenoxy) is 1. The molecule has 142 valence electrons. The Hall–Kier alpha value is -2.19. The maximum Gasteiger partial charge on any atom is 0.250 e. The lowest BCUT2D eigenvalue weighted by Gasteiger charge is -2.38. The van der Waals surface area contributed by atoms with Crippen molar-refractivity contribution in [1.29, 1.82) is 0 Å². The van der Waals surface area contributed by atoms with Gasteiger partial charge in [-0.1, -0.05) is 35.0 Å². The number of hydrogen-bond donors (Lipinski definition) is 1. The second-order valence-corrected chi connectivity index (χ2v) is 7.57. The summed E-state index contributed by atoms with van der Waals surface area (Å²) in [5.74, 6) is 1.56. The fourth-order valence-electron chi connectivity index (χ4n) is 3.46. The third-order valence-electron chi connectivity index (χ3n) is 4.92. The molecule has 1 aromatic heterocycles. The predicted octanol–water partition coefficient (Wildman–Crippen LogP) is 2.81. The third-order valence-corrected chi connectivity index (χ3v) is 5.45. The lowest BCUT2D eigenvalue weighted by atomic mass is 10.1. The first-order chi connectivity index (χ1) is 13.2. The summed E-state index contributed by atoms with van der Waals surface area (Å²) in [6, 6.07) is 7.76. The van der Waals surface area contributed by atoms with Crippen molar-refractivity contribution in [2.24, 2.45) is 0 Å². The van der Waals surface area contributed by atoms with Gasteiger partial charge >= 0.3 is 0 Å². The van der Waals surface area contributed by atoms with E-state index in [0.717, 1.165) is 40.4 Å². The molecular formula is C19H22BrN5O2. The molecule has 1 unspecified atom stereocenters. The van der Waals surface area contributed by atoms with E-state index in [0.29, 0.717) is 26.2 Å². The summed E-state index contributed by atoms with van der Waals surface area (Å²) in [4.78, 5) is 26.1. The SMILES string of the molecule is CCC1Nc2ncnc(N3CCOCC3)c2N(Cc2ccc(Br)cc2)C1=O. The molecule has 8 heteroatoms. The number of halogens is 1. The molecular weight excluding hydrogens is 410 g/mol. The Labute approximate surface area is 166 Å². The summed E-state index contributed by atoms with van der Waals surface area (Å²) >= 11 is 3.46. The molecule has 0 aliphatic carbocycles. The van der Waals surface area contributed by atoms with Gasteiger partial charge in [-0.05, 0) is 24.1 Å². The van der Waals surface area contributed by atoms with Crippen LogP contribution in [0.5, 0.6) is 0 Å². The zero-order valence-corrected chi connectivity index (χ0v) is 16.8. The molecule has 0 bridgehead atoms. The molecule has 2 aliphatic rings. The van der Waals surface area contributed by atoms with E-state index in [1.165, 1.54) is 0 Å². The highest BCUT2D eigenvalue weighted by Gasteiger charge is 2.36. The molecule has 0 spiro atoms. The van der Waals surface area contributed by atoms with Crippen LogP contribution in [-0.2, 0) is 16.1 Å². The zero-order chi connectivity index (χ0) is 18.8. The van der Waals surface area contributed by atoms with Crippen molar-refractivity contribution >= 4 is 39.2 Å². The molecule has 1 N–H and O–H groups in total. The average molecular weight is 432 g/mol. The molecule has 3 heterocycles. The highest BCUT2D eigenvalue weighted by molar-refractivity contribution is 9.10. The number of benzene rings is 1. The Balaban J connectivity index is 1.75. The van der Waals surface area contributed by atoms with Gasteiger partial charge < -0.3 is 15.0 Å². The minimum atomic E-state index is -0.277. The zero-order valence-electron chi connectivity index (χ0n) is 15.2. The largest absolute Gasteiger partial charge is 0.378 e. The van der Waals surface area contributed by atoms with E-state index in [1.807, 2.05) is 36.1 Å². The van der Waals surface area contributed by atoms with E-state index < -0.39 is 0 Å². The second-order valence-electron chi connectivity index (χ2n) is 6.65. The summed E-state index contributed by atoms with van der Waals surface area (Å²) in [5, 5.41) is 3.29. The van der Waals surface area contributed by atoms with Gasteiger partial charge in [-0.15, -0.1) is 0 Å². The molecule has 1 saturated heterocycles. The number of carbonyl (C=O) groups is 1. The van der Waals surface area contributed by atoms with E-state index in [9.17, 15) is 4.79 Å². The standard InChI is InChI=1S/C19H22BrN5O2/c1-2-15-19(26)25(11-13-3-5-14(20)6-4-13)16-17(23-15)21-12-22-18(16)24-7-9-27-10-8-24/h3-6,12,15H,2,7-11H2,1H3,(H,21,22,23). The molecule has 1 atom stereocenters. The minimum Gasteiger partial charge on any atom is -0.378 e. The normalized spacial score (nSPS) is 19.6. The van der Waals surface area contributed by atoms with Gasteiger partial charge in [-0.3, -0.25) is 9.69 Å². The van der Waals surface area contributed by atoms with Crippen LogP contribution >= 0.6 is 15.9 Å². The summed E-state index contributed by atoms with van der Waals surface area (Å²) in [5.41, 5.74) is 1.82. The molecule has 2 aliphatic heterocycles. The number of morpholine rings is 1. The van der Waals surface area contributed by atoms with Crippen LogP contribution in [0.1, 0.15) is 18.9 Å². The third kappa shape index (κ3) is 3.64. The Morgan fingerprint density at radius 1 is 1.22 bits per heavy atom. The van der Waals surface area contributed by atoms with Crippen LogP contribution in [0.4, 0.5) is 17.3 Å². The van der Waals surface area contributed by atoms with E-state index in [-0.39, 0.29) is 11.9 Å². The summed E-state index contributed by atoms with van der Waals surface area (Å²) in [7, 11) is 0. The van der Waals surface area contributed by atoms with Gasteiger partial charge in [0.25, 0.3) is 0 Å². The van der Waals surface area contributed by atoms with Gasteiger partial charge in [-0.25, -0.2) is 9.97 Å². The fourth-order valence-corrected chi connectivity index (χ4v) is 3.73. The minimum absolute atomic E-state index is 0.0530. The Morgan fingerprint density at radius 3 is 2.67 bits per heavy atom. The summed E-state index contributed by atoms with van der Waals surface area (Å²) in [6.45, 7) is 5.31. The van der Waals surface area contributed by atoms with Crippen molar-refractivity contribution in [1.82, 2.24) is 9.97 Å². The summed E-state index contributed by atoms with van der Waals surface area (Å²) < 4.78 is 6.48. The van der Waals surface area contributed by atoms with Crippen LogP contribution in [0.3, 0.4) is 0 Å². The van der Waals surface area contributed by atoms with Crippen molar-refractivity contribution in [2.45, 2.75) is 25.9 Å². The molecule has 2 aromatic rings. The van der Waals surface area contributed by atoms with Crippen molar-refractivity contribution in [3.05, 3.63) is 40.6 Å². The number of nitrogens with zero attached hydrogens (tertiary/aromatic N) is 4. The first-order valence-corrected chi connectivity index (χ1v) is 9.96. The first-order valence-electron chi connectivity index (χ1n) is 9.17. The van der Waals surface area contributed by atoms with E-state index in [2.05, 4.69) is 36.1 Å². The number of rotatable bonds is 4. The van der Waals surface area contributed by atoms with Crippen LogP contribution in [0.25, 0.3) is 0 Å². The van der Waals surface area contributed by atoms with Crippen LogP contribution in [0.15, 0.2) is 35.1 Å². The van der Waals surface area contributed by atoms with Crippen LogP contribution in [0.2, 0.25) is 0 Å². The lowest BCUT2D eigenvalue weighted by molar-refractivity contribution is -0.119. The van der Waals surface area contributed by atoms with Crippen molar-refractivity contribution in [3.8, 4) is 0 Å². The predicted molar refractivity (Wildman–Crippen MR) is 108 cm³/mol. The highest BCUT2D eigenvalue weighted by Crippen LogP contribution is 2.38. The highest BCUT2D eigenvalue weighted by atomic mass is 79.9. The number of anilines is 3. The van der Waals surface area contributed by atoms with Gasteiger partial charge in [0.1, 0.15) is 18.1 Å². The number of aromatic nitrogens is 2. The Morgan fingerprint density at radius 2 is 1.96 bits per heavy atom. The van der Waals surface area contributed by atoms with Gasteiger partial charge in [0, 0.05) is 17.6 Å². The molecule has 1 amide bonds. The topological polar surface area (TPSA) is 70.6 Å². The first kappa shape index (κ1) is 18.2. The van der Waals surface area contributed by atoms with Gasteiger partial charge in [0.15, 0.2) is 11.6 Å². The molecule has 4 rings (SSSR count). The number of nitrogens with one attached hydrogen (secondary N) is 1. The van der Waals surface area contributed by atoms with Crippen molar-refractivity contribution < 1.29 is 9.53 Å². The van der Waals surface area contributed by atoms with Crippen molar-refractivity contribution in [2.75, 3.05) is 41.4 Å². The molecule has 0 saturated carbocycles. The van der Waals surface area contributed by atoms with Gasteiger partial charge in [0.05, 0.1) is 19.8 Å². The maximum absolute atomic E-state index is 13.2. The van der Waals surface area contributed by atoms with Crippen LogP contribution < -0.4 is 15.1 Å². The average Bonchev–Trinajstić information content (AvgIpc) is 2.71. The number of hydrogen-bond acceptors (Lipinski definition) is 6. The lowest BCUT2D eigenvalue weighted by Crippen LogP contribution is -2.48. The molecule has 0 radical (unpaired) electrons. The molecule has 7 nitrogen and oxygen atoms in total. The Kier molecular flexibility index (Phi) is 5.27. The maximum atomic E-state index is 13.2. The molecule has 1 fully saturated rings. The smallest absolute Gasteiger partial charge is 0.250 e. The second kappa shape index (κ2) is 7.82. The van der Waals surface area contributed by atoms with E-state index >= 15 is 0 Å². The molecule has 1 aromatic carbocycles. The Bertz CT molecular complexity index is 823. The quantitative estimate of drug-likeness (QED) is 0.802. The van der Waals surface area contributed by atoms with Crippen LogP contribution in [0, 0.1) is 0 Å². The number of fused-ring (bicyclic) bond motifs is 1. The van der Waals surface area contributed by atoms with Gasteiger partial charge in [0.2, 0.25) is 5.91 Å². The molecule has 27 heavy (non-hydrogen) atoms. The number of carbonyl (C=O) groups excluding carboxylic acids is 1. The van der Waals surface area contributed by atoms with E-state index in [1.54, 1.807) is 6.33 Å². The van der Waals surface area contributed by atoms with Gasteiger partial charge in [-0.2, -0.15) is 0 Å². The number of amides is 1. The van der Waals surface area contributed by atoms with Crippen molar-refractivity contribution in [3.63, 3.8) is 0 Å². The monoisotopic (exact) mass is 431 g/mol. The fraction of sp³-hybridized carbons (Fsp3) is 0.421. The van der Waals surface area contributed by atoms with Crippen LogP contribution in [-0.4, -0.2) is 48.2 Å². The van der Waals surface area contributed by atoms with E-state index in [4.69, 9.17) is 4.74 Å². The summed E-state index contributed by atoms with van der Waals surface area (Å²) in [6.07, 6.45) is 2.27.